The van der Waals surface area contributed by atoms with Crippen molar-refractivity contribution in [1.29, 1.82) is 0 Å². The van der Waals surface area contributed by atoms with E-state index >= 15 is 0 Å². The molecule has 0 aromatic heterocycles. The van der Waals surface area contributed by atoms with E-state index in [0.29, 0.717) is 32.7 Å². The predicted octanol–water partition coefficient (Wildman–Crippen LogP) is 1.27. The van der Waals surface area contributed by atoms with Crippen LogP contribution in [0.1, 0.15) is 12.5 Å². The van der Waals surface area contributed by atoms with E-state index in [4.69, 9.17) is 11.6 Å². The van der Waals surface area contributed by atoms with Crippen molar-refractivity contribution >= 4 is 23.2 Å². The summed E-state index contributed by atoms with van der Waals surface area (Å²) in [6, 6.07) is 4.78. The fourth-order valence-electron chi connectivity index (χ4n) is 2.45. The van der Waals surface area contributed by atoms with Crippen LogP contribution in [-0.4, -0.2) is 58.0 Å². The molecule has 22 heavy (non-hydrogen) atoms. The molecule has 0 spiro atoms. The number of nitro benzene ring substituents is 1. The third kappa shape index (κ3) is 3.94. The molecular weight excluding hydrogens is 310 g/mol. The monoisotopic (exact) mass is 327 g/mol. The minimum absolute atomic E-state index is 0.0953. The Hall–Kier alpha value is -1.70. The maximum Gasteiger partial charge on any atom is 0.288 e. The summed E-state index contributed by atoms with van der Waals surface area (Å²) in [5.41, 5.74) is 0.716. The summed E-state index contributed by atoms with van der Waals surface area (Å²) in [5.74, 6) is -0.262. The molecule has 2 rings (SSSR count). The molecule has 1 unspecified atom stereocenters. The van der Waals surface area contributed by atoms with Crippen LogP contribution in [0.5, 0.6) is 0 Å². The second kappa shape index (κ2) is 7.04. The van der Waals surface area contributed by atoms with Crippen LogP contribution < -0.4 is 0 Å². The second-order valence-corrected chi connectivity index (χ2v) is 5.73. The quantitative estimate of drug-likeness (QED) is 0.665. The molecule has 7 nitrogen and oxygen atoms in total. The number of benzene rings is 1. The zero-order valence-corrected chi connectivity index (χ0v) is 13.0. The average Bonchev–Trinajstić information content (AvgIpc) is 2.49. The highest BCUT2D eigenvalue weighted by Gasteiger charge is 2.24. The molecule has 0 bridgehead atoms. The smallest absolute Gasteiger partial charge is 0.288 e. The van der Waals surface area contributed by atoms with Gasteiger partial charge in [-0.15, -0.1) is 0 Å². The van der Waals surface area contributed by atoms with E-state index in [1.807, 2.05) is 0 Å². The Balaban J connectivity index is 1.95. The highest BCUT2D eigenvalue weighted by atomic mass is 35.5. The van der Waals surface area contributed by atoms with Crippen LogP contribution in [0.4, 0.5) is 5.69 Å². The SMILES string of the molecule is CC(O)C(=O)N1CCN(Cc2ccc(Cl)c([N+](=O)[O-])c2)CC1. The van der Waals surface area contributed by atoms with E-state index in [1.54, 1.807) is 11.0 Å². The number of carbonyl (C=O) groups excluding carboxylic acids is 1. The van der Waals surface area contributed by atoms with Crippen LogP contribution in [0.15, 0.2) is 18.2 Å². The molecule has 8 heteroatoms. The highest BCUT2D eigenvalue weighted by Crippen LogP contribution is 2.25. The van der Waals surface area contributed by atoms with Crippen LogP contribution in [-0.2, 0) is 11.3 Å². The summed E-state index contributed by atoms with van der Waals surface area (Å²) in [4.78, 5) is 25.8. The van der Waals surface area contributed by atoms with Gasteiger partial charge in [0.2, 0.25) is 0 Å². The fourth-order valence-corrected chi connectivity index (χ4v) is 2.63. The number of nitrogens with zero attached hydrogens (tertiary/aromatic N) is 3. The lowest BCUT2D eigenvalue weighted by Gasteiger charge is -2.35. The number of aliphatic hydroxyl groups excluding tert-OH is 1. The van der Waals surface area contributed by atoms with E-state index in [1.165, 1.54) is 19.1 Å². The Morgan fingerprint density at radius 1 is 1.41 bits per heavy atom. The van der Waals surface area contributed by atoms with Crippen LogP contribution in [0.2, 0.25) is 5.02 Å². The largest absolute Gasteiger partial charge is 0.384 e. The van der Waals surface area contributed by atoms with Gasteiger partial charge in [0.05, 0.1) is 4.92 Å². The first kappa shape index (κ1) is 16.7. The molecule has 1 aromatic rings. The average molecular weight is 328 g/mol. The maximum atomic E-state index is 11.7. The first-order valence-electron chi connectivity index (χ1n) is 7.00. The first-order chi connectivity index (χ1) is 10.4. The van der Waals surface area contributed by atoms with E-state index in [0.717, 1.165) is 5.56 Å². The number of nitro groups is 1. The normalized spacial score (nSPS) is 17.3. The Bertz CT molecular complexity index is 571. The minimum atomic E-state index is -0.981. The summed E-state index contributed by atoms with van der Waals surface area (Å²) >= 11 is 5.79. The molecule has 1 atom stereocenters. The first-order valence-corrected chi connectivity index (χ1v) is 7.38. The number of halogens is 1. The lowest BCUT2D eigenvalue weighted by molar-refractivity contribution is -0.384. The molecule has 1 aromatic carbocycles. The molecule has 1 saturated heterocycles. The molecular formula is C14H18ClN3O4. The maximum absolute atomic E-state index is 11.7. The van der Waals surface area contributed by atoms with Crippen LogP contribution in [0.25, 0.3) is 0 Å². The van der Waals surface area contributed by atoms with Crippen molar-refractivity contribution in [2.45, 2.75) is 19.6 Å². The van der Waals surface area contributed by atoms with Crippen LogP contribution >= 0.6 is 11.6 Å². The standard InChI is InChI=1S/C14H18ClN3O4/c1-10(19)14(20)17-6-4-16(5-7-17)9-11-2-3-12(15)13(8-11)18(21)22/h2-3,8,10,19H,4-7,9H2,1H3. The van der Waals surface area contributed by atoms with E-state index < -0.39 is 11.0 Å². The van der Waals surface area contributed by atoms with Gasteiger partial charge in [-0.25, -0.2) is 0 Å². The molecule has 0 saturated carbocycles. The van der Waals surface area contributed by atoms with E-state index in [9.17, 15) is 20.0 Å². The van der Waals surface area contributed by atoms with Crippen molar-refractivity contribution in [3.8, 4) is 0 Å². The second-order valence-electron chi connectivity index (χ2n) is 5.32. The van der Waals surface area contributed by atoms with Gasteiger partial charge in [-0.05, 0) is 18.6 Å². The van der Waals surface area contributed by atoms with Crippen molar-refractivity contribution < 1.29 is 14.8 Å². The Morgan fingerprint density at radius 2 is 2.05 bits per heavy atom. The molecule has 1 N–H and O–H groups in total. The van der Waals surface area contributed by atoms with Crippen molar-refractivity contribution in [2.75, 3.05) is 26.2 Å². The summed E-state index contributed by atoms with van der Waals surface area (Å²) in [5, 5.41) is 20.3. The van der Waals surface area contributed by atoms with Gasteiger partial charge < -0.3 is 10.0 Å². The third-order valence-electron chi connectivity index (χ3n) is 3.65. The minimum Gasteiger partial charge on any atom is -0.384 e. The zero-order valence-electron chi connectivity index (χ0n) is 12.2. The topological polar surface area (TPSA) is 86.9 Å². The molecule has 120 valence electrons. The Labute approximate surface area is 133 Å². The van der Waals surface area contributed by atoms with Gasteiger partial charge in [0.25, 0.3) is 11.6 Å². The van der Waals surface area contributed by atoms with Crippen molar-refractivity contribution in [3.05, 3.63) is 38.9 Å². The number of hydrogen-bond acceptors (Lipinski definition) is 5. The fraction of sp³-hybridized carbons (Fsp3) is 0.500. The van der Waals surface area contributed by atoms with Crippen molar-refractivity contribution in [1.82, 2.24) is 9.80 Å². The van der Waals surface area contributed by atoms with Crippen LogP contribution in [0, 0.1) is 10.1 Å². The van der Waals surface area contributed by atoms with Crippen molar-refractivity contribution in [2.24, 2.45) is 0 Å². The van der Waals surface area contributed by atoms with Crippen LogP contribution in [0.3, 0.4) is 0 Å². The molecule has 0 aliphatic carbocycles. The van der Waals surface area contributed by atoms with Gasteiger partial charge in [0, 0.05) is 38.8 Å². The van der Waals surface area contributed by atoms with Gasteiger partial charge in [0.1, 0.15) is 11.1 Å². The number of aliphatic hydroxyl groups is 1. The third-order valence-corrected chi connectivity index (χ3v) is 3.97. The Kier molecular flexibility index (Phi) is 5.33. The van der Waals surface area contributed by atoms with E-state index in [2.05, 4.69) is 4.90 Å². The molecule has 1 aliphatic heterocycles. The van der Waals surface area contributed by atoms with Gasteiger partial charge in [-0.3, -0.25) is 19.8 Å². The molecule has 1 fully saturated rings. The van der Waals surface area contributed by atoms with Crippen molar-refractivity contribution in [3.63, 3.8) is 0 Å². The predicted molar refractivity (Wildman–Crippen MR) is 81.6 cm³/mol. The molecule has 0 radical (unpaired) electrons. The number of carbonyl (C=O) groups is 1. The van der Waals surface area contributed by atoms with Gasteiger partial charge >= 0.3 is 0 Å². The Morgan fingerprint density at radius 3 is 2.59 bits per heavy atom. The van der Waals surface area contributed by atoms with Gasteiger partial charge in [0.15, 0.2) is 0 Å². The van der Waals surface area contributed by atoms with Gasteiger partial charge in [-0.1, -0.05) is 17.7 Å². The summed E-state index contributed by atoms with van der Waals surface area (Å²) < 4.78 is 0. The molecule has 1 aliphatic rings. The summed E-state index contributed by atoms with van der Waals surface area (Å²) in [7, 11) is 0. The lowest BCUT2D eigenvalue weighted by Crippen LogP contribution is -2.50. The molecule has 1 amide bonds. The number of piperazine rings is 1. The van der Waals surface area contributed by atoms with E-state index in [-0.39, 0.29) is 16.6 Å². The summed E-state index contributed by atoms with van der Waals surface area (Å²) in [6.45, 7) is 4.43. The lowest BCUT2D eigenvalue weighted by atomic mass is 10.1. The van der Waals surface area contributed by atoms with Gasteiger partial charge in [-0.2, -0.15) is 0 Å². The summed E-state index contributed by atoms with van der Waals surface area (Å²) in [6.07, 6.45) is -0.981. The zero-order chi connectivity index (χ0) is 16.3. The highest BCUT2D eigenvalue weighted by molar-refractivity contribution is 6.32. The molecule has 1 heterocycles. The number of rotatable bonds is 4. The number of amides is 1. The number of hydrogen-bond donors (Lipinski definition) is 1.